The van der Waals surface area contributed by atoms with Crippen LogP contribution in [-0.2, 0) is 4.79 Å². The normalized spacial score (nSPS) is 26.7. The van der Waals surface area contributed by atoms with E-state index in [2.05, 4.69) is 20.8 Å². The molecule has 2 atom stereocenters. The number of carbonyl (C=O) groups excluding carboxylic acids is 1. The second kappa shape index (κ2) is 5.47. The number of urea groups is 1. The van der Waals surface area contributed by atoms with Crippen LogP contribution in [0.2, 0.25) is 0 Å². The largest absolute Gasteiger partial charge is 0.480 e. The molecule has 2 amide bonds. The topological polar surface area (TPSA) is 60.9 Å². The van der Waals surface area contributed by atoms with Crippen LogP contribution in [0.25, 0.3) is 0 Å². The Kier molecular flexibility index (Phi) is 4.23. The number of carboxylic acid groups (broad SMARTS) is 1. The average molecular weight is 300 g/mol. The van der Waals surface area contributed by atoms with E-state index < -0.39 is 12.0 Å². The molecule has 1 aliphatic carbocycles. The summed E-state index contributed by atoms with van der Waals surface area (Å²) in [5.41, 5.74) is 0.00503. The third kappa shape index (κ3) is 3.40. The maximum absolute atomic E-state index is 12.7. The first-order valence-electron chi connectivity index (χ1n) is 7.08. The Hall–Kier alpha value is -0.910. The van der Waals surface area contributed by atoms with E-state index in [-0.39, 0.29) is 16.8 Å². The molecule has 1 aliphatic heterocycles. The standard InChI is InChI=1S/C14H24N2O3S/c1-14(2,3)8-15(4)13(19)16-10(12(17)18)7-20-11(16)9-5-6-9/h9-11H,5-8H2,1-4H3,(H,17,18). The number of hydrogen-bond acceptors (Lipinski definition) is 3. The van der Waals surface area contributed by atoms with Crippen molar-refractivity contribution in [2.24, 2.45) is 11.3 Å². The monoisotopic (exact) mass is 300 g/mol. The average Bonchev–Trinajstić information content (AvgIpc) is 3.04. The van der Waals surface area contributed by atoms with Gasteiger partial charge in [-0.15, -0.1) is 11.8 Å². The van der Waals surface area contributed by atoms with Gasteiger partial charge in [0.05, 0.1) is 5.37 Å². The van der Waals surface area contributed by atoms with Crippen molar-refractivity contribution < 1.29 is 14.7 Å². The number of hydrogen-bond donors (Lipinski definition) is 1. The summed E-state index contributed by atoms with van der Waals surface area (Å²) in [4.78, 5) is 27.3. The summed E-state index contributed by atoms with van der Waals surface area (Å²) in [7, 11) is 1.76. The highest BCUT2D eigenvalue weighted by atomic mass is 32.2. The van der Waals surface area contributed by atoms with E-state index in [0.29, 0.717) is 18.2 Å². The van der Waals surface area contributed by atoms with Crippen LogP contribution in [0.15, 0.2) is 0 Å². The van der Waals surface area contributed by atoms with E-state index >= 15 is 0 Å². The smallest absolute Gasteiger partial charge is 0.327 e. The minimum absolute atomic E-state index is 0.00503. The number of nitrogens with zero attached hydrogens (tertiary/aromatic N) is 2. The molecule has 0 aromatic heterocycles. The lowest BCUT2D eigenvalue weighted by Crippen LogP contribution is -2.52. The molecular formula is C14H24N2O3S. The second-order valence-electron chi connectivity index (χ2n) is 7.02. The lowest BCUT2D eigenvalue weighted by Gasteiger charge is -2.34. The molecule has 1 saturated carbocycles. The maximum atomic E-state index is 12.7. The van der Waals surface area contributed by atoms with Crippen molar-refractivity contribution in [1.82, 2.24) is 9.80 Å². The van der Waals surface area contributed by atoms with Gasteiger partial charge in [0.25, 0.3) is 0 Å². The zero-order valence-electron chi connectivity index (χ0n) is 12.6. The summed E-state index contributed by atoms with van der Waals surface area (Å²) in [6, 6.07) is -0.824. The van der Waals surface area contributed by atoms with E-state index in [9.17, 15) is 14.7 Å². The van der Waals surface area contributed by atoms with E-state index in [1.807, 2.05) is 0 Å². The number of amides is 2. The Morgan fingerprint density at radius 2 is 1.95 bits per heavy atom. The Morgan fingerprint density at radius 3 is 2.40 bits per heavy atom. The third-order valence-corrected chi connectivity index (χ3v) is 5.07. The van der Waals surface area contributed by atoms with Crippen molar-refractivity contribution in [3.63, 3.8) is 0 Å². The SMILES string of the molecule is CN(CC(C)(C)C)C(=O)N1C(C(=O)O)CSC1C1CC1. The van der Waals surface area contributed by atoms with Gasteiger partial charge in [-0.2, -0.15) is 0 Å². The minimum Gasteiger partial charge on any atom is -0.480 e. The number of aliphatic carboxylic acids is 1. The molecule has 0 spiro atoms. The molecule has 2 aliphatic rings. The third-order valence-electron chi connectivity index (χ3n) is 3.60. The fourth-order valence-electron chi connectivity index (χ4n) is 2.68. The highest BCUT2D eigenvalue weighted by molar-refractivity contribution is 8.00. The highest BCUT2D eigenvalue weighted by Gasteiger charge is 2.48. The molecule has 5 nitrogen and oxygen atoms in total. The predicted molar refractivity (Wildman–Crippen MR) is 79.7 cm³/mol. The zero-order chi connectivity index (χ0) is 15.1. The van der Waals surface area contributed by atoms with Crippen LogP contribution >= 0.6 is 11.8 Å². The van der Waals surface area contributed by atoms with Crippen molar-refractivity contribution in [2.45, 2.75) is 45.0 Å². The zero-order valence-corrected chi connectivity index (χ0v) is 13.4. The van der Waals surface area contributed by atoms with Crippen LogP contribution in [0.5, 0.6) is 0 Å². The van der Waals surface area contributed by atoms with Gasteiger partial charge in [-0.05, 0) is 24.2 Å². The van der Waals surface area contributed by atoms with Crippen molar-refractivity contribution in [1.29, 1.82) is 0 Å². The molecule has 2 rings (SSSR count). The molecule has 114 valence electrons. The molecule has 0 aromatic rings. The first-order valence-corrected chi connectivity index (χ1v) is 8.13. The molecule has 6 heteroatoms. The van der Waals surface area contributed by atoms with E-state index in [1.54, 1.807) is 28.6 Å². The number of carboxylic acids is 1. The second-order valence-corrected chi connectivity index (χ2v) is 8.17. The number of rotatable bonds is 3. The van der Waals surface area contributed by atoms with Gasteiger partial charge in [0, 0.05) is 19.3 Å². The van der Waals surface area contributed by atoms with Gasteiger partial charge in [-0.3, -0.25) is 4.90 Å². The molecule has 20 heavy (non-hydrogen) atoms. The van der Waals surface area contributed by atoms with Crippen molar-refractivity contribution in [3.8, 4) is 0 Å². The molecular weight excluding hydrogens is 276 g/mol. The lowest BCUT2D eigenvalue weighted by molar-refractivity contribution is -0.141. The van der Waals surface area contributed by atoms with Gasteiger partial charge >= 0.3 is 12.0 Å². The van der Waals surface area contributed by atoms with Crippen LogP contribution in [0.4, 0.5) is 4.79 Å². The van der Waals surface area contributed by atoms with Crippen LogP contribution in [0.1, 0.15) is 33.6 Å². The quantitative estimate of drug-likeness (QED) is 0.869. The van der Waals surface area contributed by atoms with Gasteiger partial charge in [0.1, 0.15) is 6.04 Å². The highest BCUT2D eigenvalue weighted by Crippen LogP contribution is 2.45. The summed E-state index contributed by atoms with van der Waals surface area (Å²) < 4.78 is 0. The fraction of sp³-hybridized carbons (Fsp3) is 0.857. The fourth-order valence-corrected chi connectivity index (χ4v) is 4.31. The van der Waals surface area contributed by atoms with Crippen LogP contribution in [0.3, 0.4) is 0 Å². The molecule has 2 fully saturated rings. The minimum atomic E-state index is -0.891. The summed E-state index contributed by atoms with van der Waals surface area (Å²) >= 11 is 1.62. The summed E-state index contributed by atoms with van der Waals surface area (Å²) in [5.74, 6) is 0.0977. The molecule has 0 bridgehead atoms. The first-order chi connectivity index (χ1) is 9.20. The number of carbonyl (C=O) groups is 2. The summed E-state index contributed by atoms with van der Waals surface area (Å²) in [6.07, 6.45) is 2.22. The first kappa shape index (κ1) is 15.5. The lowest BCUT2D eigenvalue weighted by atomic mass is 9.96. The van der Waals surface area contributed by atoms with E-state index in [1.165, 1.54) is 0 Å². The van der Waals surface area contributed by atoms with Gasteiger partial charge < -0.3 is 10.0 Å². The van der Waals surface area contributed by atoms with Gasteiger partial charge in [0.15, 0.2) is 0 Å². The Bertz CT molecular complexity index is 404. The van der Waals surface area contributed by atoms with E-state index in [0.717, 1.165) is 12.8 Å². The molecule has 1 saturated heterocycles. The van der Waals surface area contributed by atoms with Gasteiger partial charge in [-0.1, -0.05) is 20.8 Å². The van der Waals surface area contributed by atoms with Gasteiger partial charge in [0.2, 0.25) is 0 Å². The Labute approximate surface area is 124 Å². The predicted octanol–water partition coefficient (Wildman–Crippen LogP) is 2.32. The number of thioether (sulfide) groups is 1. The van der Waals surface area contributed by atoms with Crippen molar-refractivity contribution in [3.05, 3.63) is 0 Å². The van der Waals surface area contributed by atoms with Crippen molar-refractivity contribution >= 4 is 23.8 Å². The summed E-state index contributed by atoms with van der Waals surface area (Å²) in [5, 5.41) is 9.39. The Balaban J connectivity index is 2.12. The summed E-state index contributed by atoms with van der Waals surface area (Å²) in [6.45, 7) is 6.84. The van der Waals surface area contributed by atoms with Crippen LogP contribution in [0, 0.1) is 11.3 Å². The molecule has 2 unspecified atom stereocenters. The molecule has 0 aromatic carbocycles. The Morgan fingerprint density at radius 1 is 1.35 bits per heavy atom. The van der Waals surface area contributed by atoms with Gasteiger partial charge in [-0.25, -0.2) is 9.59 Å². The maximum Gasteiger partial charge on any atom is 0.327 e. The molecule has 0 radical (unpaired) electrons. The van der Waals surface area contributed by atoms with Crippen molar-refractivity contribution in [2.75, 3.05) is 19.3 Å². The molecule has 1 heterocycles. The van der Waals surface area contributed by atoms with Crippen LogP contribution in [-0.4, -0.2) is 57.7 Å². The van der Waals surface area contributed by atoms with Crippen LogP contribution < -0.4 is 0 Å². The molecule has 1 N–H and O–H groups in total. The van der Waals surface area contributed by atoms with E-state index in [4.69, 9.17) is 0 Å².